The third kappa shape index (κ3) is 7.03. The number of rotatable bonds is 9. The Kier molecular flexibility index (Phi) is 8.24. The largest absolute Gasteiger partial charge is 0.313 e. The van der Waals surface area contributed by atoms with Crippen molar-refractivity contribution in [3.05, 3.63) is 35.4 Å². The molecule has 0 aliphatic carbocycles. The van der Waals surface area contributed by atoms with Crippen LogP contribution in [0, 0.1) is 5.92 Å². The molecule has 0 saturated heterocycles. The van der Waals surface area contributed by atoms with Gasteiger partial charge >= 0.3 is 0 Å². The average Bonchev–Trinajstić information content (AvgIpc) is 2.39. The molecule has 1 unspecified atom stereocenters. The molecule has 0 fully saturated rings. The molecule has 0 aliphatic rings. The third-order valence-corrected chi connectivity index (χ3v) is 4.72. The van der Waals surface area contributed by atoms with E-state index in [1.807, 2.05) is 0 Å². The summed E-state index contributed by atoms with van der Waals surface area (Å²) in [5, 5.41) is 3.61. The van der Waals surface area contributed by atoms with Crippen LogP contribution in [0.2, 0.25) is 0 Å². The van der Waals surface area contributed by atoms with E-state index in [0.29, 0.717) is 6.04 Å². The summed E-state index contributed by atoms with van der Waals surface area (Å²) in [5.74, 6) is 3.26. The van der Waals surface area contributed by atoms with E-state index >= 15 is 0 Å². The maximum Gasteiger partial charge on any atom is 0.0198 e. The van der Waals surface area contributed by atoms with Gasteiger partial charge in [-0.25, -0.2) is 0 Å². The average molecular weight is 279 g/mol. The van der Waals surface area contributed by atoms with Gasteiger partial charge in [-0.05, 0) is 42.2 Å². The van der Waals surface area contributed by atoms with Crippen LogP contribution >= 0.6 is 11.8 Å². The molecule has 1 nitrogen and oxygen atoms in total. The highest BCUT2D eigenvalue weighted by atomic mass is 32.2. The van der Waals surface area contributed by atoms with E-state index < -0.39 is 0 Å². The van der Waals surface area contributed by atoms with Crippen molar-refractivity contribution in [3.8, 4) is 0 Å². The molecule has 1 atom stereocenters. The molecular weight excluding hydrogens is 250 g/mol. The minimum absolute atomic E-state index is 0.598. The smallest absolute Gasteiger partial charge is 0.0198 e. The first-order valence-corrected chi connectivity index (χ1v) is 8.70. The van der Waals surface area contributed by atoms with E-state index in [2.05, 4.69) is 69.0 Å². The molecule has 1 aromatic rings. The van der Waals surface area contributed by atoms with Gasteiger partial charge in [-0.1, -0.05) is 52.0 Å². The zero-order valence-electron chi connectivity index (χ0n) is 12.9. The molecule has 108 valence electrons. The van der Waals surface area contributed by atoms with E-state index in [0.717, 1.165) is 25.3 Å². The lowest BCUT2D eigenvalue weighted by Gasteiger charge is -2.18. The number of benzene rings is 1. The van der Waals surface area contributed by atoms with Crippen LogP contribution in [0.25, 0.3) is 0 Å². The van der Waals surface area contributed by atoms with E-state index in [-0.39, 0.29) is 0 Å². The first kappa shape index (κ1) is 16.6. The van der Waals surface area contributed by atoms with E-state index in [1.165, 1.54) is 22.6 Å². The van der Waals surface area contributed by atoms with Gasteiger partial charge in [0, 0.05) is 11.8 Å². The number of aryl methyl sites for hydroxylation is 1. The van der Waals surface area contributed by atoms with Gasteiger partial charge in [0.2, 0.25) is 0 Å². The Morgan fingerprint density at radius 1 is 1.00 bits per heavy atom. The van der Waals surface area contributed by atoms with Crippen molar-refractivity contribution in [2.75, 3.05) is 18.1 Å². The van der Waals surface area contributed by atoms with Crippen molar-refractivity contribution in [2.45, 2.75) is 46.6 Å². The fourth-order valence-corrected chi connectivity index (χ4v) is 3.25. The second-order valence-corrected chi connectivity index (χ2v) is 6.63. The fourth-order valence-electron chi connectivity index (χ4n) is 2.12. The molecule has 0 radical (unpaired) electrons. The lowest BCUT2D eigenvalue weighted by Crippen LogP contribution is -2.33. The van der Waals surface area contributed by atoms with Crippen LogP contribution < -0.4 is 5.32 Å². The molecule has 0 bridgehead atoms. The summed E-state index contributed by atoms with van der Waals surface area (Å²) in [5.41, 5.74) is 2.88. The summed E-state index contributed by atoms with van der Waals surface area (Å²) in [7, 11) is 0. The second-order valence-electron chi connectivity index (χ2n) is 5.56. The Morgan fingerprint density at radius 3 is 2.16 bits per heavy atom. The van der Waals surface area contributed by atoms with Gasteiger partial charge in [0.05, 0.1) is 0 Å². The van der Waals surface area contributed by atoms with E-state index in [9.17, 15) is 0 Å². The zero-order chi connectivity index (χ0) is 14.1. The number of nitrogens with one attached hydrogen (secondary N) is 1. The molecule has 0 spiro atoms. The quantitative estimate of drug-likeness (QED) is 0.728. The number of hydrogen-bond donors (Lipinski definition) is 1. The van der Waals surface area contributed by atoms with Gasteiger partial charge in [0.25, 0.3) is 0 Å². The van der Waals surface area contributed by atoms with Crippen molar-refractivity contribution >= 4 is 11.8 Å². The van der Waals surface area contributed by atoms with Gasteiger partial charge in [-0.3, -0.25) is 0 Å². The topological polar surface area (TPSA) is 12.0 Å². The number of likely N-dealkylation sites (N-methyl/N-ethyl adjacent to an activating group) is 1. The van der Waals surface area contributed by atoms with Crippen LogP contribution in [0.1, 0.15) is 38.8 Å². The highest BCUT2D eigenvalue weighted by molar-refractivity contribution is 7.99. The molecule has 0 heterocycles. The van der Waals surface area contributed by atoms with E-state index in [1.54, 1.807) is 0 Å². The minimum atomic E-state index is 0.598. The predicted octanol–water partition coefficient (Wildman–Crippen LogP) is 4.16. The highest BCUT2D eigenvalue weighted by Gasteiger charge is 2.09. The fraction of sp³-hybridized carbons (Fsp3) is 0.647. The molecule has 0 aliphatic heterocycles. The molecular formula is C17H29NS. The van der Waals surface area contributed by atoms with Gasteiger partial charge < -0.3 is 5.32 Å². The van der Waals surface area contributed by atoms with Crippen molar-refractivity contribution in [2.24, 2.45) is 5.92 Å². The van der Waals surface area contributed by atoms with Gasteiger partial charge in [0.1, 0.15) is 0 Å². The summed E-state index contributed by atoms with van der Waals surface area (Å²) in [4.78, 5) is 0. The Labute approximate surface area is 123 Å². The summed E-state index contributed by atoms with van der Waals surface area (Å²) < 4.78 is 0. The van der Waals surface area contributed by atoms with Crippen LogP contribution in [-0.4, -0.2) is 24.1 Å². The molecule has 0 aromatic heterocycles. The van der Waals surface area contributed by atoms with Crippen LogP contribution in [0.3, 0.4) is 0 Å². The Bertz CT molecular complexity index is 332. The maximum absolute atomic E-state index is 3.61. The van der Waals surface area contributed by atoms with Crippen molar-refractivity contribution < 1.29 is 0 Å². The van der Waals surface area contributed by atoms with Gasteiger partial charge in [0.15, 0.2) is 0 Å². The third-order valence-electron chi connectivity index (χ3n) is 3.18. The van der Waals surface area contributed by atoms with Crippen LogP contribution in [0.5, 0.6) is 0 Å². The first-order valence-electron chi connectivity index (χ1n) is 7.54. The lowest BCUT2D eigenvalue weighted by molar-refractivity contribution is 0.572. The molecule has 1 aromatic carbocycles. The minimum Gasteiger partial charge on any atom is -0.313 e. The van der Waals surface area contributed by atoms with Gasteiger partial charge in [-0.2, -0.15) is 11.8 Å². The lowest BCUT2D eigenvalue weighted by atomic mass is 10.0. The predicted molar refractivity (Wildman–Crippen MR) is 89.2 cm³/mol. The molecule has 0 amide bonds. The summed E-state index contributed by atoms with van der Waals surface area (Å²) in [6.07, 6.45) is 2.27. The SMILES string of the molecule is CCNC(CSCC(C)C)Cc1ccc(CC)cc1. The van der Waals surface area contributed by atoms with Crippen LogP contribution in [0.4, 0.5) is 0 Å². The molecule has 1 rings (SSSR count). The van der Waals surface area contributed by atoms with Crippen molar-refractivity contribution in [1.82, 2.24) is 5.32 Å². The number of hydrogen-bond acceptors (Lipinski definition) is 2. The highest BCUT2D eigenvalue weighted by Crippen LogP contribution is 2.13. The van der Waals surface area contributed by atoms with Gasteiger partial charge in [-0.15, -0.1) is 0 Å². The molecule has 2 heteroatoms. The van der Waals surface area contributed by atoms with E-state index in [4.69, 9.17) is 0 Å². The summed E-state index contributed by atoms with van der Waals surface area (Å²) >= 11 is 2.07. The molecule has 0 saturated carbocycles. The Morgan fingerprint density at radius 2 is 1.63 bits per heavy atom. The molecule has 1 N–H and O–H groups in total. The summed E-state index contributed by atoms with van der Waals surface area (Å²) in [6.45, 7) is 10.0. The van der Waals surface area contributed by atoms with Crippen LogP contribution in [-0.2, 0) is 12.8 Å². The van der Waals surface area contributed by atoms with Crippen molar-refractivity contribution in [1.29, 1.82) is 0 Å². The monoisotopic (exact) mass is 279 g/mol. The standard InChI is InChI=1S/C17H29NS/c1-5-15-7-9-16(10-8-15)11-17(18-6-2)13-19-12-14(3)4/h7-10,14,17-18H,5-6,11-13H2,1-4H3. The number of thioether (sulfide) groups is 1. The Balaban J connectivity index is 2.46. The van der Waals surface area contributed by atoms with Crippen LogP contribution in [0.15, 0.2) is 24.3 Å². The molecule has 19 heavy (non-hydrogen) atoms. The maximum atomic E-state index is 3.61. The summed E-state index contributed by atoms with van der Waals surface area (Å²) in [6, 6.07) is 9.70. The second kappa shape index (κ2) is 9.44. The Hall–Kier alpha value is -0.470. The first-order chi connectivity index (χ1) is 9.15. The normalized spacial score (nSPS) is 12.9. The van der Waals surface area contributed by atoms with Crippen molar-refractivity contribution in [3.63, 3.8) is 0 Å². The zero-order valence-corrected chi connectivity index (χ0v) is 13.7.